The highest BCUT2D eigenvalue weighted by Gasteiger charge is 2.35. The number of halogens is 3. The molecule has 0 unspecified atom stereocenters. The van der Waals surface area contributed by atoms with Crippen LogP contribution in [0.3, 0.4) is 0 Å². The van der Waals surface area contributed by atoms with Gasteiger partial charge >= 0.3 is 6.36 Å². The number of fused-ring (bicyclic) bond motifs is 1. The third-order valence-corrected chi connectivity index (χ3v) is 7.31. The van der Waals surface area contributed by atoms with E-state index in [1.165, 1.54) is 12.1 Å². The number of ether oxygens (including phenoxy) is 1. The first-order valence-electron chi connectivity index (χ1n) is 11.1. The molecule has 4 rings (SSSR count). The van der Waals surface area contributed by atoms with Gasteiger partial charge in [0.1, 0.15) is 16.5 Å². The lowest BCUT2D eigenvalue weighted by molar-refractivity contribution is -0.275. The Morgan fingerprint density at radius 1 is 0.943 bits per heavy atom. The van der Waals surface area contributed by atoms with Crippen LogP contribution >= 0.6 is 0 Å². The summed E-state index contributed by atoms with van der Waals surface area (Å²) in [4.78, 5) is 10.6. The number of nitrogens with one attached hydrogen (secondary N) is 2. The minimum absolute atomic E-state index is 0.0350. The fourth-order valence-electron chi connectivity index (χ4n) is 4.17. The van der Waals surface area contributed by atoms with Crippen LogP contribution in [0.5, 0.6) is 5.75 Å². The zero-order chi connectivity index (χ0) is 25.2. The summed E-state index contributed by atoms with van der Waals surface area (Å²) >= 11 is 0. The Bertz CT molecular complexity index is 1290. The van der Waals surface area contributed by atoms with Crippen LogP contribution < -0.4 is 19.7 Å². The highest BCUT2D eigenvalue weighted by molar-refractivity contribution is 7.89. The van der Waals surface area contributed by atoms with E-state index in [1.807, 2.05) is 43.3 Å². The van der Waals surface area contributed by atoms with Gasteiger partial charge in [0.15, 0.2) is 0 Å². The van der Waals surface area contributed by atoms with Gasteiger partial charge in [0.25, 0.3) is 0 Å². The van der Waals surface area contributed by atoms with E-state index in [4.69, 9.17) is 0 Å². The molecule has 0 bridgehead atoms. The molecule has 1 saturated carbocycles. The molecule has 35 heavy (non-hydrogen) atoms. The molecule has 0 aliphatic heterocycles. The molecule has 0 radical (unpaired) electrons. The zero-order valence-corrected chi connectivity index (χ0v) is 20.0. The summed E-state index contributed by atoms with van der Waals surface area (Å²) in [5, 5.41) is 4.29. The van der Waals surface area contributed by atoms with E-state index < -0.39 is 33.1 Å². The van der Waals surface area contributed by atoms with Gasteiger partial charge in [0, 0.05) is 31.6 Å². The third-order valence-electron chi connectivity index (χ3n) is 5.75. The van der Waals surface area contributed by atoms with Crippen molar-refractivity contribution in [3.05, 3.63) is 48.5 Å². The summed E-state index contributed by atoms with van der Waals surface area (Å²) in [6, 6.07) is 12.1. The second-order valence-corrected chi connectivity index (χ2v) is 10.3. The van der Waals surface area contributed by atoms with E-state index in [9.17, 15) is 21.6 Å². The van der Waals surface area contributed by atoms with Crippen molar-refractivity contribution in [3.63, 3.8) is 0 Å². The van der Waals surface area contributed by atoms with Gasteiger partial charge in [-0.3, -0.25) is 0 Å². The number of aromatic nitrogens is 2. The average Bonchev–Trinajstić information content (AvgIpc) is 2.79. The predicted molar refractivity (Wildman–Crippen MR) is 127 cm³/mol. The summed E-state index contributed by atoms with van der Waals surface area (Å²) in [5.41, 5.74) is 0.815. The fourth-order valence-corrected chi connectivity index (χ4v) is 5.60. The number of rotatable bonds is 7. The summed E-state index contributed by atoms with van der Waals surface area (Å²) in [5.74, 6) is 0.530. The average molecular weight is 510 g/mol. The number of hydrogen-bond donors (Lipinski definition) is 2. The van der Waals surface area contributed by atoms with Gasteiger partial charge in [-0.05, 0) is 49.9 Å². The molecule has 2 N–H and O–H groups in total. The molecule has 8 nitrogen and oxygen atoms in total. The highest BCUT2D eigenvalue weighted by Crippen LogP contribution is 2.31. The predicted octanol–water partition coefficient (Wildman–Crippen LogP) is 4.30. The molecular weight excluding hydrogens is 483 g/mol. The monoisotopic (exact) mass is 509 g/mol. The van der Waals surface area contributed by atoms with Crippen LogP contribution in [0.4, 0.5) is 24.9 Å². The van der Waals surface area contributed by atoms with Crippen molar-refractivity contribution in [2.75, 3.05) is 24.3 Å². The van der Waals surface area contributed by atoms with Gasteiger partial charge < -0.3 is 15.0 Å². The SMILES string of the molecule is CN(C)c1nc(N[C@H]2CC[C@@H](NS(=O)(=O)c3ccccc3OC(F)(F)F)CC2)nc2ccccc12. The van der Waals surface area contributed by atoms with Crippen LogP contribution in [0.15, 0.2) is 53.4 Å². The van der Waals surface area contributed by atoms with Gasteiger partial charge in [0.2, 0.25) is 16.0 Å². The van der Waals surface area contributed by atoms with E-state index in [0.29, 0.717) is 31.6 Å². The Kier molecular flexibility index (Phi) is 7.04. The van der Waals surface area contributed by atoms with E-state index in [1.54, 1.807) is 0 Å². The van der Waals surface area contributed by atoms with E-state index >= 15 is 0 Å². The molecule has 188 valence electrons. The number of alkyl halides is 3. The lowest BCUT2D eigenvalue weighted by Crippen LogP contribution is -2.40. The van der Waals surface area contributed by atoms with Gasteiger partial charge in [-0.15, -0.1) is 13.2 Å². The van der Waals surface area contributed by atoms with Gasteiger partial charge in [0.05, 0.1) is 5.52 Å². The number of benzene rings is 2. The number of anilines is 2. The maximum Gasteiger partial charge on any atom is 0.573 e. The molecular formula is C23H26F3N5O3S. The maximum absolute atomic E-state index is 12.8. The van der Waals surface area contributed by atoms with Crippen LogP contribution in [-0.4, -0.2) is 50.9 Å². The summed E-state index contributed by atoms with van der Waals surface area (Å²) in [6.07, 6.45) is -2.70. The Morgan fingerprint density at radius 2 is 1.57 bits per heavy atom. The molecule has 1 heterocycles. The third kappa shape index (κ3) is 6.12. The molecule has 0 atom stereocenters. The first-order chi connectivity index (χ1) is 16.5. The summed E-state index contributed by atoms with van der Waals surface area (Å²) in [6.45, 7) is 0. The summed E-state index contributed by atoms with van der Waals surface area (Å²) < 4.78 is 70.1. The fraction of sp³-hybridized carbons (Fsp3) is 0.391. The van der Waals surface area contributed by atoms with Crippen molar-refractivity contribution in [2.45, 2.75) is 49.0 Å². The molecule has 3 aromatic rings. The second kappa shape index (κ2) is 9.86. The van der Waals surface area contributed by atoms with Crippen molar-refractivity contribution in [1.29, 1.82) is 0 Å². The molecule has 12 heteroatoms. The summed E-state index contributed by atoms with van der Waals surface area (Å²) in [7, 11) is -0.383. The Hall–Kier alpha value is -3.12. The van der Waals surface area contributed by atoms with Crippen molar-refractivity contribution in [3.8, 4) is 5.75 Å². The van der Waals surface area contributed by atoms with Crippen LogP contribution in [0.25, 0.3) is 10.9 Å². The van der Waals surface area contributed by atoms with Gasteiger partial charge in [-0.2, -0.15) is 4.98 Å². The Morgan fingerprint density at radius 3 is 2.26 bits per heavy atom. The second-order valence-electron chi connectivity index (χ2n) is 8.59. The van der Waals surface area contributed by atoms with Crippen molar-refractivity contribution < 1.29 is 26.3 Å². The molecule has 0 amide bonds. The molecule has 1 aliphatic rings. The molecule has 1 aliphatic carbocycles. The molecule has 0 saturated heterocycles. The van der Waals surface area contributed by atoms with Crippen molar-refractivity contribution in [2.24, 2.45) is 0 Å². The number of nitrogens with zero attached hydrogens (tertiary/aromatic N) is 3. The van der Waals surface area contributed by atoms with Crippen LogP contribution in [-0.2, 0) is 10.0 Å². The Labute approximate surface area is 201 Å². The standard InChI is InChI=1S/C23H26F3N5O3S/c1-31(2)21-17-7-3-4-8-18(17)28-22(29-21)27-15-11-13-16(14-12-15)30-35(32,33)20-10-6-5-9-19(20)34-23(24,25)26/h3-10,15-16,30H,11-14H2,1-2H3,(H,27,28,29)/t15-,16+. The first kappa shape index (κ1) is 25.0. The van der Waals surface area contributed by atoms with Gasteiger partial charge in [-0.1, -0.05) is 24.3 Å². The molecule has 0 spiro atoms. The quantitative estimate of drug-likeness (QED) is 0.490. The topological polar surface area (TPSA) is 96.5 Å². The lowest BCUT2D eigenvalue weighted by atomic mass is 9.92. The van der Waals surface area contributed by atoms with Crippen molar-refractivity contribution >= 4 is 32.7 Å². The maximum atomic E-state index is 12.8. The largest absolute Gasteiger partial charge is 0.573 e. The van der Waals surface area contributed by atoms with Gasteiger partial charge in [-0.25, -0.2) is 18.1 Å². The van der Waals surface area contributed by atoms with E-state index in [0.717, 1.165) is 28.9 Å². The highest BCUT2D eigenvalue weighted by atomic mass is 32.2. The number of para-hydroxylation sites is 2. The smallest absolute Gasteiger partial charge is 0.404 e. The number of hydrogen-bond acceptors (Lipinski definition) is 7. The van der Waals surface area contributed by atoms with E-state index in [-0.39, 0.29) is 6.04 Å². The molecule has 1 aromatic heterocycles. The van der Waals surface area contributed by atoms with Crippen LogP contribution in [0, 0.1) is 0 Å². The van der Waals surface area contributed by atoms with Crippen molar-refractivity contribution in [1.82, 2.24) is 14.7 Å². The molecule has 2 aromatic carbocycles. The zero-order valence-electron chi connectivity index (χ0n) is 19.2. The minimum Gasteiger partial charge on any atom is -0.404 e. The first-order valence-corrected chi connectivity index (χ1v) is 12.6. The minimum atomic E-state index is -4.99. The lowest BCUT2D eigenvalue weighted by Gasteiger charge is -2.30. The van der Waals surface area contributed by atoms with E-state index in [2.05, 4.69) is 24.7 Å². The van der Waals surface area contributed by atoms with Crippen LogP contribution in [0.1, 0.15) is 25.7 Å². The number of sulfonamides is 1. The van der Waals surface area contributed by atoms with Crippen LogP contribution in [0.2, 0.25) is 0 Å². The Balaban J connectivity index is 1.41. The normalized spacial score (nSPS) is 18.9. The molecule has 1 fully saturated rings.